The Morgan fingerprint density at radius 2 is 2.33 bits per heavy atom. The van der Waals surface area contributed by atoms with E-state index in [0.717, 1.165) is 24.9 Å². The van der Waals surface area contributed by atoms with Crippen LogP contribution >= 0.6 is 0 Å². The van der Waals surface area contributed by atoms with Crippen LogP contribution in [0.2, 0.25) is 0 Å². The average molecular weight is 291 g/mol. The third-order valence-corrected chi connectivity index (χ3v) is 4.14. The Bertz CT molecular complexity index is 496. The van der Waals surface area contributed by atoms with Crippen LogP contribution in [0.4, 0.5) is 0 Å². The van der Waals surface area contributed by atoms with Crippen molar-refractivity contribution in [2.75, 3.05) is 13.2 Å². The minimum Gasteiger partial charge on any atom is -0.394 e. The fraction of sp³-hybridized carbons (Fsp3) is 0.562. The lowest BCUT2D eigenvalue weighted by molar-refractivity contribution is 0.0896. The Morgan fingerprint density at radius 1 is 1.57 bits per heavy atom. The van der Waals surface area contributed by atoms with Crippen molar-refractivity contribution in [2.45, 2.75) is 44.3 Å². The first kappa shape index (κ1) is 15.9. The summed E-state index contributed by atoms with van der Waals surface area (Å²) in [6.07, 6.45) is 2.22. The highest BCUT2D eigenvalue weighted by Crippen LogP contribution is 2.20. The van der Waals surface area contributed by atoms with Crippen molar-refractivity contribution in [2.24, 2.45) is 5.73 Å². The number of rotatable bonds is 5. The van der Waals surface area contributed by atoms with Crippen molar-refractivity contribution in [3.63, 3.8) is 0 Å². The minimum absolute atomic E-state index is 0.110. The van der Waals surface area contributed by atoms with Gasteiger partial charge in [-0.3, -0.25) is 4.79 Å². The summed E-state index contributed by atoms with van der Waals surface area (Å²) in [5.74, 6) is -0.110. The number of benzene rings is 1. The van der Waals surface area contributed by atoms with Gasteiger partial charge in [0.05, 0.1) is 12.6 Å². The predicted molar refractivity (Wildman–Crippen MR) is 83.0 cm³/mol. The molecule has 2 unspecified atom stereocenters. The molecule has 1 aromatic carbocycles. The highest BCUT2D eigenvalue weighted by Gasteiger charge is 2.33. The number of nitrogens with two attached hydrogens (primary N) is 1. The number of aliphatic hydroxyl groups is 1. The average Bonchev–Trinajstić information content (AvgIpc) is 3.01. The molecule has 0 radical (unpaired) electrons. The number of aliphatic hydroxyl groups excluding tert-OH is 1. The Morgan fingerprint density at radius 3 is 2.95 bits per heavy atom. The van der Waals surface area contributed by atoms with Crippen LogP contribution in [0.1, 0.15) is 48.7 Å². The molecule has 1 aromatic rings. The molecular formula is C16H25N3O2. The smallest absolute Gasteiger partial charge is 0.251 e. The molecule has 5 heteroatoms. The lowest BCUT2D eigenvalue weighted by Crippen LogP contribution is -2.55. The van der Waals surface area contributed by atoms with Gasteiger partial charge in [-0.15, -0.1) is 0 Å². The Balaban J connectivity index is 2.09. The fourth-order valence-electron chi connectivity index (χ4n) is 2.77. The summed E-state index contributed by atoms with van der Waals surface area (Å²) in [6.45, 7) is 4.95. The zero-order valence-corrected chi connectivity index (χ0v) is 12.7. The highest BCUT2D eigenvalue weighted by molar-refractivity contribution is 5.94. The molecule has 21 heavy (non-hydrogen) atoms. The summed E-state index contributed by atoms with van der Waals surface area (Å²) >= 11 is 0. The Hall–Kier alpha value is -1.43. The van der Waals surface area contributed by atoms with Gasteiger partial charge in [0.2, 0.25) is 0 Å². The van der Waals surface area contributed by atoms with E-state index in [1.807, 2.05) is 19.9 Å². The van der Waals surface area contributed by atoms with Crippen molar-refractivity contribution in [1.29, 1.82) is 0 Å². The number of carbonyl (C=O) groups is 1. The van der Waals surface area contributed by atoms with E-state index in [0.29, 0.717) is 11.6 Å². The monoisotopic (exact) mass is 291 g/mol. The van der Waals surface area contributed by atoms with Crippen LogP contribution in [0, 0.1) is 0 Å². The van der Waals surface area contributed by atoms with Crippen LogP contribution in [0.3, 0.4) is 0 Å². The van der Waals surface area contributed by atoms with Crippen LogP contribution in [0.25, 0.3) is 0 Å². The van der Waals surface area contributed by atoms with Gasteiger partial charge < -0.3 is 21.5 Å². The molecule has 2 rings (SSSR count). The maximum absolute atomic E-state index is 12.4. The number of nitrogens with one attached hydrogen (secondary N) is 2. The van der Waals surface area contributed by atoms with Gasteiger partial charge in [-0.25, -0.2) is 0 Å². The van der Waals surface area contributed by atoms with Crippen molar-refractivity contribution in [3.05, 3.63) is 35.4 Å². The van der Waals surface area contributed by atoms with Gasteiger partial charge in [0.1, 0.15) is 0 Å². The van der Waals surface area contributed by atoms with Gasteiger partial charge in [-0.05, 0) is 50.9 Å². The van der Waals surface area contributed by atoms with E-state index in [4.69, 9.17) is 10.8 Å². The Kier molecular flexibility index (Phi) is 4.98. The lowest BCUT2D eigenvalue weighted by Gasteiger charge is -2.33. The van der Waals surface area contributed by atoms with E-state index in [9.17, 15) is 4.79 Å². The second kappa shape index (κ2) is 6.56. The summed E-state index contributed by atoms with van der Waals surface area (Å²) in [5, 5.41) is 15.6. The molecule has 0 aromatic heterocycles. The normalized spacial score (nSPS) is 20.3. The molecule has 0 spiro atoms. The van der Waals surface area contributed by atoms with Crippen LogP contribution in [-0.4, -0.2) is 35.7 Å². The van der Waals surface area contributed by atoms with Crippen molar-refractivity contribution >= 4 is 5.91 Å². The molecule has 116 valence electrons. The standard InChI is InChI=1S/C16H25N3O2/c1-16(2,14-7-4-8-18-14)19-15(21)12-6-3-5-11(9-12)13(17)10-20/h3,5-6,9,13-14,18,20H,4,7-8,10,17H2,1-2H3,(H,19,21). The van der Waals surface area contributed by atoms with Gasteiger partial charge in [0.15, 0.2) is 0 Å². The Labute approximate surface area is 125 Å². The van der Waals surface area contributed by atoms with Gasteiger partial charge in [0.25, 0.3) is 5.91 Å². The van der Waals surface area contributed by atoms with E-state index in [1.165, 1.54) is 0 Å². The van der Waals surface area contributed by atoms with E-state index in [2.05, 4.69) is 10.6 Å². The molecule has 1 aliphatic rings. The second-order valence-electron chi connectivity index (χ2n) is 6.24. The van der Waals surface area contributed by atoms with Crippen molar-refractivity contribution in [3.8, 4) is 0 Å². The number of amides is 1. The highest BCUT2D eigenvalue weighted by atomic mass is 16.3. The largest absolute Gasteiger partial charge is 0.394 e. The van der Waals surface area contributed by atoms with Crippen molar-refractivity contribution < 1.29 is 9.90 Å². The fourth-order valence-corrected chi connectivity index (χ4v) is 2.77. The number of hydrogen-bond acceptors (Lipinski definition) is 4. The van der Waals surface area contributed by atoms with Crippen LogP contribution in [-0.2, 0) is 0 Å². The molecule has 1 fully saturated rings. The molecule has 2 atom stereocenters. The van der Waals surface area contributed by atoms with Gasteiger partial charge in [-0.2, -0.15) is 0 Å². The zero-order chi connectivity index (χ0) is 15.5. The van der Waals surface area contributed by atoms with E-state index in [1.54, 1.807) is 18.2 Å². The number of carbonyl (C=O) groups excluding carboxylic acids is 1. The molecule has 1 saturated heterocycles. The van der Waals surface area contributed by atoms with Crippen LogP contribution in [0.5, 0.6) is 0 Å². The maximum atomic E-state index is 12.4. The topological polar surface area (TPSA) is 87.4 Å². The second-order valence-corrected chi connectivity index (χ2v) is 6.24. The summed E-state index contributed by atoms with van der Waals surface area (Å²) < 4.78 is 0. The SMILES string of the molecule is CC(C)(NC(=O)c1cccc(C(N)CO)c1)C1CCCN1. The molecular weight excluding hydrogens is 266 g/mol. The predicted octanol–water partition coefficient (Wildman–Crippen LogP) is 0.939. The van der Waals surface area contributed by atoms with Gasteiger partial charge >= 0.3 is 0 Å². The molecule has 0 bridgehead atoms. The van der Waals surface area contributed by atoms with Gasteiger partial charge in [0, 0.05) is 17.1 Å². The third kappa shape index (κ3) is 3.81. The molecule has 1 heterocycles. The van der Waals surface area contributed by atoms with E-state index >= 15 is 0 Å². The molecule has 0 aliphatic carbocycles. The zero-order valence-electron chi connectivity index (χ0n) is 12.7. The lowest BCUT2D eigenvalue weighted by atomic mass is 9.92. The summed E-state index contributed by atoms with van der Waals surface area (Å²) in [4.78, 5) is 12.4. The molecule has 1 amide bonds. The van der Waals surface area contributed by atoms with Crippen LogP contribution < -0.4 is 16.4 Å². The molecule has 1 aliphatic heterocycles. The van der Waals surface area contributed by atoms with E-state index in [-0.39, 0.29) is 18.1 Å². The number of hydrogen-bond donors (Lipinski definition) is 4. The van der Waals surface area contributed by atoms with Crippen molar-refractivity contribution in [1.82, 2.24) is 10.6 Å². The third-order valence-electron chi connectivity index (χ3n) is 4.14. The molecule has 5 N–H and O–H groups in total. The van der Waals surface area contributed by atoms with E-state index < -0.39 is 6.04 Å². The van der Waals surface area contributed by atoms with Gasteiger partial charge in [-0.1, -0.05) is 12.1 Å². The first-order valence-electron chi connectivity index (χ1n) is 7.46. The minimum atomic E-state index is -0.456. The first-order valence-corrected chi connectivity index (χ1v) is 7.46. The summed E-state index contributed by atoms with van der Waals surface area (Å²) in [5.41, 5.74) is 6.83. The summed E-state index contributed by atoms with van der Waals surface area (Å²) in [7, 11) is 0. The maximum Gasteiger partial charge on any atom is 0.251 e. The molecule has 5 nitrogen and oxygen atoms in total. The first-order chi connectivity index (χ1) is 9.94. The summed E-state index contributed by atoms with van der Waals surface area (Å²) in [6, 6.07) is 6.96. The molecule has 0 saturated carbocycles. The quantitative estimate of drug-likeness (QED) is 0.650. The van der Waals surface area contributed by atoms with Crippen LogP contribution in [0.15, 0.2) is 24.3 Å².